The lowest BCUT2D eigenvalue weighted by Gasteiger charge is -2.20. The van der Waals surface area contributed by atoms with Gasteiger partial charge in [-0.25, -0.2) is 4.98 Å². The molecule has 0 aliphatic rings. The molecule has 0 aliphatic heterocycles. The smallest absolute Gasteiger partial charge is 0.250 e. The molecule has 0 saturated carbocycles. The number of primary amides is 2. The van der Waals surface area contributed by atoms with Crippen molar-refractivity contribution in [3.05, 3.63) is 23.9 Å². The highest BCUT2D eigenvalue weighted by Crippen LogP contribution is 2.15. The lowest BCUT2D eigenvalue weighted by molar-refractivity contribution is -0.125. The highest BCUT2D eigenvalue weighted by molar-refractivity contribution is 5.92. The van der Waals surface area contributed by atoms with Gasteiger partial charge in [0.1, 0.15) is 5.82 Å². The zero-order valence-corrected chi connectivity index (χ0v) is 9.86. The van der Waals surface area contributed by atoms with E-state index in [0.29, 0.717) is 17.9 Å². The second-order valence-electron chi connectivity index (χ2n) is 4.40. The maximum absolute atomic E-state index is 11.1. The number of nitrogens with one attached hydrogen (secondary N) is 1. The Morgan fingerprint density at radius 3 is 2.41 bits per heavy atom. The summed E-state index contributed by atoms with van der Waals surface area (Å²) in [6.07, 6.45) is 1.38. The van der Waals surface area contributed by atoms with Gasteiger partial charge < -0.3 is 16.8 Å². The molecule has 92 valence electrons. The van der Waals surface area contributed by atoms with Crippen LogP contribution < -0.4 is 16.8 Å². The number of nitrogens with two attached hydrogens (primary N) is 2. The van der Waals surface area contributed by atoms with Crippen molar-refractivity contribution >= 4 is 17.6 Å². The predicted molar refractivity (Wildman–Crippen MR) is 64.2 cm³/mol. The van der Waals surface area contributed by atoms with Crippen LogP contribution in [0.4, 0.5) is 5.82 Å². The summed E-state index contributed by atoms with van der Waals surface area (Å²) in [4.78, 5) is 25.9. The van der Waals surface area contributed by atoms with Crippen molar-refractivity contribution in [3.8, 4) is 0 Å². The van der Waals surface area contributed by atoms with Crippen LogP contribution in [0.3, 0.4) is 0 Å². The summed E-state index contributed by atoms with van der Waals surface area (Å²) in [5, 5.41) is 2.97. The van der Waals surface area contributed by atoms with E-state index < -0.39 is 17.2 Å². The predicted octanol–water partition coefficient (Wildman–Crippen LogP) is 0.104. The highest BCUT2D eigenvalue weighted by atomic mass is 16.1. The SMILES string of the molecule is CC(C)(CNc1ccc(C(N)=O)cn1)C(N)=O. The molecule has 1 heterocycles. The minimum atomic E-state index is -0.663. The van der Waals surface area contributed by atoms with Gasteiger partial charge in [-0.1, -0.05) is 0 Å². The number of rotatable bonds is 5. The zero-order chi connectivity index (χ0) is 13.1. The number of aromatic nitrogens is 1. The molecule has 2 amide bonds. The minimum Gasteiger partial charge on any atom is -0.369 e. The summed E-state index contributed by atoms with van der Waals surface area (Å²) in [5.74, 6) is -0.357. The molecular formula is C11H16N4O2. The Morgan fingerprint density at radius 2 is 2.00 bits per heavy atom. The average molecular weight is 236 g/mol. The van der Waals surface area contributed by atoms with E-state index in [-0.39, 0.29) is 0 Å². The third-order valence-corrected chi connectivity index (χ3v) is 2.43. The van der Waals surface area contributed by atoms with Gasteiger partial charge in [-0.05, 0) is 26.0 Å². The number of anilines is 1. The van der Waals surface area contributed by atoms with Gasteiger partial charge in [-0.3, -0.25) is 9.59 Å². The second-order valence-corrected chi connectivity index (χ2v) is 4.40. The number of carbonyl (C=O) groups excluding carboxylic acids is 2. The lowest BCUT2D eigenvalue weighted by atomic mass is 9.93. The summed E-state index contributed by atoms with van der Waals surface area (Å²) < 4.78 is 0. The Balaban J connectivity index is 2.65. The number of amides is 2. The molecular weight excluding hydrogens is 220 g/mol. The molecule has 0 atom stereocenters. The molecule has 0 bridgehead atoms. The van der Waals surface area contributed by atoms with E-state index in [9.17, 15) is 9.59 Å². The molecule has 0 unspecified atom stereocenters. The maximum atomic E-state index is 11.1. The minimum absolute atomic E-state index is 0.338. The van der Waals surface area contributed by atoms with Crippen LogP contribution in [0.25, 0.3) is 0 Å². The normalized spacial score (nSPS) is 10.9. The van der Waals surface area contributed by atoms with Gasteiger partial charge in [0.15, 0.2) is 0 Å². The van der Waals surface area contributed by atoms with Crippen LogP contribution in [-0.4, -0.2) is 23.3 Å². The molecule has 5 N–H and O–H groups in total. The molecule has 1 aromatic heterocycles. The topological polar surface area (TPSA) is 111 Å². The second kappa shape index (κ2) is 4.82. The van der Waals surface area contributed by atoms with E-state index in [1.54, 1.807) is 26.0 Å². The first kappa shape index (κ1) is 13.0. The molecule has 1 rings (SSSR count). The summed E-state index contributed by atoms with van der Waals surface area (Å²) in [5.41, 5.74) is 10.00. The Hall–Kier alpha value is -2.11. The molecule has 6 nitrogen and oxygen atoms in total. The van der Waals surface area contributed by atoms with E-state index in [4.69, 9.17) is 11.5 Å². The third kappa shape index (κ3) is 3.44. The summed E-state index contributed by atoms with van der Waals surface area (Å²) >= 11 is 0. The third-order valence-electron chi connectivity index (χ3n) is 2.43. The van der Waals surface area contributed by atoms with Crippen LogP contribution in [0.2, 0.25) is 0 Å². The van der Waals surface area contributed by atoms with E-state index in [0.717, 1.165) is 0 Å². The maximum Gasteiger partial charge on any atom is 0.250 e. The molecule has 0 aliphatic carbocycles. The lowest BCUT2D eigenvalue weighted by Crippen LogP contribution is -2.37. The van der Waals surface area contributed by atoms with Crippen molar-refractivity contribution in [3.63, 3.8) is 0 Å². The van der Waals surface area contributed by atoms with Crippen molar-refractivity contribution in [2.45, 2.75) is 13.8 Å². The number of hydrogen-bond acceptors (Lipinski definition) is 4. The van der Waals surface area contributed by atoms with Gasteiger partial charge in [-0.15, -0.1) is 0 Å². The van der Waals surface area contributed by atoms with Crippen molar-refractivity contribution in [2.75, 3.05) is 11.9 Å². The molecule has 17 heavy (non-hydrogen) atoms. The Bertz CT molecular complexity index is 426. The standard InChI is InChI=1S/C11H16N4O2/c1-11(2,10(13)17)6-15-8-4-3-7(5-14-8)9(12)16/h3-5H,6H2,1-2H3,(H2,12,16)(H2,13,17)(H,14,15). The highest BCUT2D eigenvalue weighted by Gasteiger charge is 2.24. The zero-order valence-electron chi connectivity index (χ0n) is 9.86. The van der Waals surface area contributed by atoms with Crippen molar-refractivity contribution < 1.29 is 9.59 Å². The molecule has 1 aromatic rings. The fourth-order valence-electron chi connectivity index (χ4n) is 1.04. The van der Waals surface area contributed by atoms with Gasteiger partial charge in [0.25, 0.3) is 0 Å². The Kier molecular flexibility index (Phi) is 3.67. The average Bonchev–Trinajstić information content (AvgIpc) is 2.27. The van der Waals surface area contributed by atoms with Crippen LogP contribution in [0, 0.1) is 5.41 Å². The van der Waals surface area contributed by atoms with Gasteiger partial charge in [0.2, 0.25) is 11.8 Å². The first-order valence-electron chi connectivity index (χ1n) is 5.12. The molecule has 0 aromatic carbocycles. The van der Waals surface area contributed by atoms with Gasteiger partial charge in [-0.2, -0.15) is 0 Å². The van der Waals surface area contributed by atoms with Crippen LogP contribution in [0.1, 0.15) is 24.2 Å². The molecule has 0 saturated heterocycles. The molecule has 0 spiro atoms. The van der Waals surface area contributed by atoms with Gasteiger partial charge in [0.05, 0.1) is 11.0 Å². The van der Waals surface area contributed by atoms with E-state index >= 15 is 0 Å². The van der Waals surface area contributed by atoms with Crippen molar-refractivity contribution in [1.82, 2.24) is 4.98 Å². The van der Waals surface area contributed by atoms with Crippen LogP contribution in [-0.2, 0) is 4.79 Å². The van der Waals surface area contributed by atoms with Crippen LogP contribution >= 0.6 is 0 Å². The summed E-state index contributed by atoms with van der Waals surface area (Å²) in [7, 11) is 0. The first-order chi connectivity index (χ1) is 7.83. The molecule has 6 heteroatoms. The van der Waals surface area contributed by atoms with Crippen molar-refractivity contribution in [2.24, 2.45) is 16.9 Å². The van der Waals surface area contributed by atoms with E-state index in [1.165, 1.54) is 6.20 Å². The number of hydrogen-bond donors (Lipinski definition) is 3. The van der Waals surface area contributed by atoms with Gasteiger partial charge >= 0.3 is 0 Å². The summed E-state index contributed by atoms with van der Waals surface area (Å²) in [6.45, 7) is 3.84. The fourth-order valence-corrected chi connectivity index (χ4v) is 1.04. The van der Waals surface area contributed by atoms with Crippen LogP contribution in [0.5, 0.6) is 0 Å². The summed E-state index contributed by atoms with van der Waals surface area (Å²) in [6, 6.07) is 3.19. The molecule has 0 radical (unpaired) electrons. The number of pyridine rings is 1. The Morgan fingerprint density at radius 1 is 1.35 bits per heavy atom. The van der Waals surface area contributed by atoms with Gasteiger partial charge in [0, 0.05) is 12.7 Å². The first-order valence-corrected chi connectivity index (χ1v) is 5.12. The monoisotopic (exact) mass is 236 g/mol. The quantitative estimate of drug-likeness (QED) is 0.673. The molecule has 0 fully saturated rings. The van der Waals surface area contributed by atoms with Crippen LogP contribution in [0.15, 0.2) is 18.3 Å². The largest absolute Gasteiger partial charge is 0.369 e. The number of nitrogens with zero attached hydrogens (tertiary/aromatic N) is 1. The van der Waals surface area contributed by atoms with E-state index in [1.807, 2.05) is 0 Å². The fraction of sp³-hybridized carbons (Fsp3) is 0.364. The van der Waals surface area contributed by atoms with Crippen molar-refractivity contribution in [1.29, 1.82) is 0 Å². The number of carbonyl (C=O) groups is 2. The Labute approximate surface area is 99.4 Å². The van der Waals surface area contributed by atoms with E-state index in [2.05, 4.69) is 10.3 Å².